The zero-order chi connectivity index (χ0) is 18.5. The van der Waals surface area contributed by atoms with E-state index in [9.17, 15) is 0 Å². The first-order valence-electron chi connectivity index (χ1n) is 8.63. The molecule has 4 rings (SSSR count). The molecule has 0 atom stereocenters. The molecule has 3 heterocycles. The lowest BCUT2D eigenvalue weighted by atomic mass is 10.1. The Labute approximate surface area is 161 Å². The van der Waals surface area contributed by atoms with Gasteiger partial charge in [-0.15, -0.1) is 11.8 Å². The van der Waals surface area contributed by atoms with Gasteiger partial charge in [0.1, 0.15) is 18.2 Å². The molecular formula is C21H19N3O2S. The van der Waals surface area contributed by atoms with Gasteiger partial charge in [0.15, 0.2) is 5.76 Å². The third-order valence-corrected chi connectivity index (χ3v) is 4.99. The fraction of sp³-hybridized carbons (Fsp3) is 0.143. The van der Waals surface area contributed by atoms with E-state index < -0.39 is 0 Å². The van der Waals surface area contributed by atoms with Gasteiger partial charge in [-0.25, -0.2) is 4.98 Å². The smallest absolute Gasteiger partial charge is 0.170 e. The average Bonchev–Trinajstić information content (AvgIpc) is 3.17. The lowest BCUT2D eigenvalue weighted by Gasteiger charge is -2.09. The predicted octanol–water partition coefficient (Wildman–Crippen LogP) is 4.48. The minimum atomic E-state index is 0.433. The molecule has 1 aromatic carbocycles. The van der Waals surface area contributed by atoms with Crippen molar-refractivity contribution in [1.29, 1.82) is 0 Å². The van der Waals surface area contributed by atoms with Crippen molar-refractivity contribution in [2.24, 2.45) is 0 Å². The van der Waals surface area contributed by atoms with Crippen molar-refractivity contribution in [1.82, 2.24) is 10.1 Å². The highest BCUT2D eigenvalue weighted by atomic mass is 32.2. The molecule has 0 saturated heterocycles. The van der Waals surface area contributed by atoms with Crippen LogP contribution >= 0.6 is 11.8 Å². The van der Waals surface area contributed by atoms with Gasteiger partial charge in [-0.05, 0) is 40.8 Å². The number of nitrogens with zero attached hydrogens (tertiary/aromatic N) is 2. The van der Waals surface area contributed by atoms with Crippen molar-refractivity contribution in [2.45, 2.75) is 6.42 Å². The Morgan fingerprint density at radius 1 is 1.19 bits per heavy atom. The highest BCUT2D eigenvalue weighted by Gasteiger charge is 2.10. The van der Waals surface area contributed by atoms with E-state index in [0.29, 0.717) is 24.6 Å². The van der Waals surface area contributed by atoms with Crippen LogP contribution in [0.25, 0.3) is 11.3 Å². The van der Waals surface area contributed by atoms with Crippen LogP contribution in [0.5, 0.6) is 5.75 Å². The van der Waals surface area contributed by atoms with E-state index in [2.05, 4.69) is 27.7 Å². The zero-order valence-electron chi connectivity index (χ0n) is 14.7. The molecular weight excluding hydrogens is 358 g/mol. The number of rotatable bonds is 6. The zero-order valence-corrected chi connectivity index (χ0v) is 15.5. The Morgan fingerprint density at radius 2 is 2.07 bits per heavy atom. The van der Waals surface area contributed by atoms with Crippen molar-refractivity contribution >= 4 is 17.6 Å². The number of ether oxygens (including phenoxy) is 1. The van der Waals surface area contributed by atoms with Crippen LogP contribution in [-0.2, 0) is 6.42 Å². The van der Waals surface area contributed by atoms with E-state index in [1.54, 1.807) is 18.0 Å². The topological polar surface area (TPSA) is 74.2 Å². The number of anilines is 1. The molecule has 0 aliphatic carbocycles. The maximum absolute atomic E-state index is 5.89. The van der Waals surface area contributed by atoms with E-state index in [-0.39, 0.29) is 0 Å². The molecule has 0 radical (unpaired) electrons. The molecule has 27 heavy (non-hydrogen) atoms. The van der Waals surface area contributed by atoms with Gasteiger partial charge in [-0.1, -0.05) is 29.4 Å². The number of nitrogens with two attached hydrogens (primary N) is 1. The van der Waals surface area contributed by atoms with E-state index in [1.807, 2.05) is 42.5 Å². The van der Waals surface area contributed by atoms with Crippen LogP contribution in [0.4, 0.5) is 5.82 Å². The van der Waals surface area contributed by atoms with Gasteiger partial charge < -0.3 is 15.0 Å². The van der Waals surface area contributed by atoms with Crippen LogP contribution < -0.4 is 10.5 Å². The van der Waals surface area contributed by atoms with E-state index >= 15 is 0 Å². The predicted molar refractivity (Wildman–Crippen MR) is 109 cm³/mol. The minimum absolute atomic E-state index is 0.433. The molecule has 136 valence electrons. The number of benzene rings is 1. The Kier molecular flexibility index (Phi) is 5.25. The normalized spacial score (nSPS) is 13.4. The summed E-state index contributed by atoms with van der Waals surface area (Å²) in [6.45, 7) is 0.585. The van der Waals surface area contributed by atoms with Gasteiger partial charge >= 0.3 is 0 Å². The molecule has 1 aliphatic rings. The highest BCUT2D eigenvalue weighted by molar-refractivity contribution is 8.02. The van der Waals surface area contributed by atoms with Crippen LogP contribution in [-0.4, -0.2) is 22.5 Å². The minimum Gasteiger partial charge on any atom is -0.489 e. The number of hydrogen-bond donors (Lipinski definition) is 1. The Balaban J connectivity index is 1.38. The fourth-order valence-corrected chi connectivity index (χ4v) is 3.42. The summed E-state index contributed by atoms with van der Waals surface area (Å²) in [5, 5.41) is 6.29. The molecule has 2 N–H and O–H groups in total. The van der Waals surface area contributed by atoms with E-state index in [0.717, 1.165) is 28.3 Å². The summed E-state index contributed by atoms with van der Waals surface area (Å²) in [6, 6.07) is 13.6. The van der Waals surface area contributed by atoms with Gasteiger partial charge in [0, 0.05) is 24.4 Å². The maximum Gasteiger partial charge on any atom is 0.170 e. The molecule has 0 amide bonds. The highest BCUT2D eigenvalue weighted by Crippen LogP contribution is 2.25. The van der Waals surface area contributed by atoms with E-state index in [1.165, 1.54) is 5.57 Å². The van der Waals surface area contributed by atoms with Crippen LogP contribution in [0.3, 0.4) is 0 Å². The Morgan fingerprint density at radius 3 is 2.85 bits per heavy atom. The second-order valence-electron chi connectivity index (χ2n) is 6.16. The van der Waals surface area contributed by atoms with Gasteiger partial charge in [-0.3, -0.25) is 0 Å². The quantitative estimate of drug-likeness (QED) is 0.683. The van der Waals surface area contributed by atoms with E-state index in [4.69, 9.17) is 15.0 Å². The first-order valence-corrected chi connectivity index (χ1v) is 9.68. The summed E-state index contributed by atoms with van der Waals surface area (Å²) >= 11 is 1.79. The number of pyridine rings is 1. The van der Waals surface area contributed by atoms with Crippen LogP contribution in [0, 0.1) is 0 Å². The standard InChI is InChI=1S/C21H19N3O2S/c22-21-19(4-1-9-23-21)20-12-17(24-26-20)11-15-5-7-18(8-6-15)25-13-16-3-2-10-27-14-16/h1-9,12,14H,10-11,13H2,(H2,22,23). The second-order valence-corrected chi connectivity index (χ2v) is 7.06. The number of thioether (sulfide) groups is 1. The Bertz CT molecular complexity index is 977. The summed E-state index contributed by atoms with van der Waals surface area (Å²) < 4.78 is 11.3. The van der Waals surface area contributed by atoms with Gasteiger partial charge in [0.05, 0.1) is 11.3 Å². The number of hydrogen-bond acceptors (Lipinski definition) is 6. The molecule has 6 heteroatoms. The number of aromatic nitrogens is 2. The largest absolute Gasteiger partial charge is 0.489 e. The van der Waals surface area contributed by atoms with Crippen LogP contribution in [0.2, 0.25) is 0 Å². The molecule has 2 aromatic heterocycles. The molecule has 0 saturated carbocycles. The molecule has 0 unspecified atom stereocenters. The first-order chi connectivity index (χ1) is 13.3. The summed E-state index contributed by atoms with van der Waals surface area (Å²) in [4.78, 5) is 4.08. The summed E-state index contributed by atoms with van der Waals surface area (Å²) in [5.74, 6) is 2.95. The van der Waals surface area contributed by atoms with Gasteiger partial charge in [-0.2, -0.15) is 0 Å². The van der Waals surface area contributed by atoms with Crippen molar-refractivity contribution in [3.05, 3.63) is 83.1 Å². The van der Waals surface area contributed by atoms with Crippen molar-refractivity contribution in [3.63, 3.8) is 0 Å². The third kappa shape index (κ3) is 4.41. The molecule has 0 bridgehead atoms. The summed E-state index contributed by atoms with van der Waals surface area (Å²) in [6.07, 6.45) is 6.59. The molecule has 1 aliphatic heterocycles. The van der Waals surface area contributed by atoms with Gasteiger partial charge in [0.2, 0.25) is 0 Å². The van der Waals surface area contributed by atoms with Gasteiger partial charge in [0.25, 0.3) is 0 Å². The summed E-state index contributed by atoms with van der Waals surface area (Å²) in [7, 11) is 0. The first kappa shape index (κ1) is 17.4. The lowest BCUT2D eigenvalue weighted by Crippen LogP contribution is -2.01. The summed E-state index contributed by atoms with van der Waals surface area (Å²) in [5.41, 5.74) is 9.82. The monoisotopic (exact) mass is 377 g/mol. The van der Waals surface area contributed by atoms with Crippen LogP contribution in [0.15, 0.2) is 76.3 Å². The number of nitrogen functional groups attached to an aromatic ring is 1. The molecule has 3 aromatic rings. The fourth-order valence-electron chi connectivity index (χ4n) is 2.76. The molecule has 5 nitrogen and oxygen atoms in total. The maximum atomic E-state index is 5.89. The molecule has 0 spiro atoms. The Hall–Kier alpha value is -2.99. The average molecular weight is 377 g/mol. The third-order valence-electron chi connectivity index (χ3n) is 4.14. The van der Waals surface area contributed by atoms with Crippen molar-refractivity contribution in [2.75, 3.05) is 18.1 Å². The van der Waals surface area contributed by atoms with Crippen molar-refractivity contribution < 1.29 is 9.26 Å². The molecule has 0 fully saturated rings. The van der Waals surface area contributed by atoms with Crippen LogP contribution in [0.1, 0.15) is 11.3 Å². The lowest BCUT2D eigenvalue weighted by molar-refractivity contribution is 0.355. The second kappa shape index (κ2) is 8.14. The van der Waals surface area contributed by atoms with Crippen molar-refractivity contribution in [3.8, 4) is 17.1 Å². The SMILES string of the molecule is Nc1ncccc1-c1cc(Cc2ccc(OCC3=CSCC=C3)cc2)no1.